The minimum Gasteiger partial charge on any atom is -0.455 e. The Kier molecular flexibility index (Phi) is 4.64. The Bertz CT molecular complexity index is 2070. The molecule has 3 heteroatoms. The summed E-state index contributed by atoms with van der Waals surface area (Å²) in [4.78, 5) is 0. The van der Waals surface area contributed by atoms with Crippen LogP contribution >= 0.6 is 0 Å². The van der Waals surface area contributed by atoms with Crippen LogP contribution in [0.15, 0.2) is 108 Å². The summed E-state index contributed by atoms with van der Waals surface area (Å²) >= 11 is 0. The van der Waals surface area contributed by atoms with Gasteiger partial charge in [0.05, 0.1) is 17.2 Å². The monoisotopic (exact) mass is 475 g/mol. The fraction of sp³-hybridized carbons (Fsp3) is 0.0588. The molecule has 0 amide bonds. The average molecular weight is 476 g/mol. The van der Waals surface area contributed by atoms with Crippen molar-refractivity contribution in [1.82, 2.24) is 0 Å². The van der Waals surface area contributed by atoms with Crippen molar-refractivity contribution < 1.29 is 8.98 Å². The number of furan rings is 1. The maximum atomic E-state index is 9.95. The van der Waals surface area contributed by atoms with Crippen LogP contribution in [0.2, 0.25) is 0 Å². The summed E-state index contributed by atoms with van der Waals surface area (Å²) < 4.78 is 8.73. The first-order chi connectivity index (χ1) is 18.1. The molecular weight excluding hydrogens is 452 g/mol. The van der Waals surface area contributed by atoms with Crippen molar-refractivity contribution in [2.45, 2.75) is 6.92 Å². The highest BCUT2D eigenvalue weighted by atomic mass is 16.3. The highest BCUT2D eigenvalue weighted by Crippen LogP contribution is 2.44. The molecule has 0 aliphatic rings. The van der Waals surface area contributed by atoms with Gasteiger partial charge in [0.15, 0.2) is 6.20 Å². The second-order valence-electron chi connectivity index (χ2n) is 9.63. The molecule has 2 heterocycles. The van der Waals surface area contributed by atoms with E-state index in [1.165, 1.54) is 16.2 Å². The van der Waals surface area contributed by atoms with E-state index in [1.807, 2.05) is 18.2 Å². The highest BCUT2D eigenvalue weighted by molar-refractivity contribution is 6.21. The molecule has 2 aromatic heterocycles. The third kappa shape index (κ3) is 3.16. The zero-order valence-corrected chi connectivity index (χ0v) is 20.6. The van der Waals surface area contributed by atoms with Crippen LogP contribution in [0.4, 0.5) is 0 Å². The lowest BCUT2D eigenvalue weighted by atomic mass is 9.90. The van der Waals surface area contributed by atoms with Gasteiger partial charge in [0.2, 0.25) is 5.69 Å². The maximum absolute atomic E-state index is 9.95. The molecule has 0 radical (unpaired) electrons. The van der Waals surface area contributed by atoms with Crippen molar-refractivity contribution in [3.63, 3.8) is 0 Å². The van der Waals surface area contributed by atoms with Crippen LogP contribution in [0.25, 0.3) is 65.9 Å². The summed E-state index contributed by atoms with van der Waals surface area (Å²) in [5.41, 5.74) is 7.58. The predicted molar refractivity (Wildman–Crippen MR) is 150 cm³/mol. The first-order valence-corrected chi connectivity index (χ1v) is 12.4. The van der Waals surface area contributed by atoms with Gasteiger partial charge in [-0.3, -0.25) is 0 Å². The topological polar surface area (TPSA) is 40.8 Å². The summed E-state index contributed by atoms with van der Waals surface area (Å²) in [5, 5.41) is 16.8. The number of rotatable bonds is 2. The molecule has 0 N–H and O–H groups in total. The van der Waals surface area contributed by atoms with E-state index in [-0.39, 0.29) is 0 Å². The number of pyridine rings is 1. The molecule has 0 aliphatic heterocycles. The van der Waals surface area contributed by atoms with Crippen LogP contribution in [0.5, 0.6) is 0 Å². The number of hydrogen-bond acceptors (Lipinski definition) is 2. The minimum absolute atomic E-state index is 0.585. The van der Waals surface area contributed by atoms with Crippen molar-refractivity contribution in [3.8, 4) is 28.5 Å². The predicted octanol–water partition coefficient (Wildman–Crippen LogP) is 8.23. The molecule has 3 nitrogen and oxygen atoms in total. The molecule has 7 rings (SSSR count). The Morgan fingerprint density at radius 1 is 0.730 bits per heavy atom. The van der Waals surface area contributed by atoms with Gasteiger partial charge in [-0.2, -0.15) is 5.26 Å². The summed E-state index contributed by atoms with van der Waals surface area (Å²) in [6, 6.07) is 36.0. The van der Waals surface area contributed by atoms with Crippen LogP contribution < -0.4 is 4.57 Å². The number of nitrogens with zero attached hydrogens (tertiary/aromatic N) is 2. The van der Waals surface area contributed by atoms with Crippen LogP contribution in [0.3, 0.4) is 0 Å². The maximum Gasteiger partial charge on any atom is 0.216 e. The third-order valence-electron chi connectivity index (χ3n) is 7.45. The van der Waals surface area contributed by atoms with Crippen LogP contribution in [-0.2, 0) is 7.05 Å². The summed E-state index contributed by atoms with van der Waals surface area (Å²) in [6.45, 7) is 2.12. The Labute approximate surface area is 214 Å². The van der Waals surface area contributed by atoms with Crippen molar-refractivity contribution in [2.24, 2.45) is 7.05 Å². The standard InChI is InChI=1S/C34H23N2O/c1-21-14-15-27-33-29(28-19-23-9-3-4-10-24(23)25-11-5-6-12-26(25)28)17-22(20-35)18-31(33)37-34(27)32(21)30-13-7-8-16-36(30)2/h3-19H,1-2H3/q+1. The van der Waals surface area contributed by atoms with Crippen LogP contribution in [-0.4, -0.2) is 0 Å². The lowest BCUT2D eigenvalue weighted by Crippen LogP contribution is -2.30. The van der Waals surface area contributed by atoms with Crippen molar-refractivity contribution >= 4 is 43.5 Å². The Hall–Kier alpha value is -4.94. The van der Waals surface area contributed by atoms with Gasteiger partial charge in [-0.05, 0) is 69.4 Å². The summed E-state index contributed by atoms with van der Waals surface area (Å²) in [7, 11) is 2.05. The number of hydrogen-bond donors (Lipinski definition) is 0. The molecule has 0 bridgehead atoms. The number of nitriles is 1. The van der Waals surface area contributed by atoms with E-state index in [4.69, 9.17) is 4.42 Å². The molecule has 5 aromatic carbocycles. The van der Waals surface area contributed by atoms with Crippen molar-refractivity contribution in [3.05, 3.63) is 114 Å². The van der Waals surface area contributed by atoms with Gasteiger partial charge in [-0.1, -0.05) is 60.7 Å². The second-order valence-corrected chi connectivity index (χ2v) is 9.63. The number of fused-ring (bicyclic) bond motifs is 6. The molecule has 0 saturated heterocycles. The molecule has 0 unspecified atom stereocenters. The van der Waals surface area contributed by atoms with Gasteiger partial charge in [-0.25, -0.2) is 4.57 Å². The van der Waals surface area contributed by atoms with E-state index in [1.54, 1.807) is 0 Å². The van der Waals surface area contributed by atoms with Gasteiger partial charge in [-0.15, -0.1) is 0 Å². The van der Waals surface area contributed by atoms with E-state index in [2.05, 4.69) is 110 Å². The molecular formula is C34H23N2O+. The lowest BCUT2D eigenvalue weighted by Gasteiger charge is -2.12. The Morgan fingerprint density at radius 3 is 2.30 bits per heavy atom. The van der Waals surface area contributed by atoms with Gasteiger partial charge in [0, 0.05) is 22.9 Å². The van der Waals surface area contributed by atoms with E-state index < -0.39 is 0 Å². The van der Waals surface area contributed by atoms with Crippen molar-refractivity contribution in [1.29, 1.82) is 5.26 Å². The molecule has 7 aromatic rings. The quantitative estimate of drug-likeness (QED) is 0.187. The number of aromatic nitrogens is 1. The Balaban J connectivity index is 1.66. The third-order valence-corrected chi connectivity index (χ3v) is 7.45. The largest absolute Gasteiger partial charge is 0.455 e. The Morgan fingerprint density at radius 2 is 1.49 bits per heavy atom. The lowest BCUT2D eigenvalue weighted by molar-refractivity contribution is -0.660. The molecule has 37 heavy (non-hydrogen) atoms. The van der Waals surface area contributed by atoms with E-state index in [0.29, 0.717) is 5.56 Å². The molecule has 0 aliphatic carbocycles. The smallest absolute Gasteiger partial charge is 0.216 e. The first-order valence-electron chi connectivity index (χ1n) is 12.4. The second kappa shape index (κ2) is 8.05. The average Bonchev–Trinajstić information content (AvgIpc) is 3.31. The number of aryl methyl sites for hydroxylation is 2. The zero-order chi connectivity index (χ0) is 25.1. The normalized spacial score (nSPS) is 11.5. The molecule has 0 saturated carbocycles. The van der Waals surface area contributed by atoms with Gasteiger partial charge in [0.25, 0.3) is 0 Å². The summed E-state index contributed by atoms with van der Waals surface area (Å²) in [6.07, 6.45) is 2.05. The summed E-state index contributed by atoms with van der Waals surface area (Å²) in [5.74, 6) is 0. The minimum atomic E-state index is 0.585. The van der Waals surface area contributed by atoms with E-state index in [9.17, 15) is 5.26 Å². The van der Waals surface area contributed by atoms with E-state index in [0.717, 1.165) is 55.3 Å². The van der Waals surface area contributed by atoms with E-state index >= 15 is 0 Å². The van der Waals surface area contributed by atoms with Crippen molar-refractivity contribution in [2.75, 3.05) is 0 Å². The van der Waals surface area contributed by atoms with Crippen LogP contribution in [0.1, 0.15) is 11.1 Å². The fourth-order valence-electron chi connectivity index (χ4n) is 5.72. The molecule has 0 fully saturated rings. The molecule has 0 spiro atoms. The fourth-order valence-corrected chi connectivity index (χ4v) is 5.72. The van der Waals surface area contributed by atoms with Crippen LogP contribution in [0, 0.1) is 18.3 Å². The first kappa shape index (κ1) is 21.4. The molecule has 0 atom stereocenters. The number of benzene rings is 5. The highest BCUT2D eigenvalue weighted by Gasteiger charge is 2.23. The van der Waals surface area contributed by atoms with Gasteiger partial charge >= 0.3 is 0 Å². The SMILES string of the molecule is Cc1ccc2c(oc3cc(C#N)cc(-c4cc5ccccc5c5ccccc45)c32)c1-c1cccc[n+]1C. The molecule has 174 valence electrons. The van der Waals surface area contributed by atoms with Gasteiger partial charge < -0.3 is 4.42 Å². The van der Waals surface area contributed by atoms with Gasteiger partial charge in [0.1, 0.15) is 18.2 Å². The zero-order valence-electron chi connectivity index (χ0n) is 20.6.